The summed E-state index contributed by atoms with van der Waals surface area (Å²) in [5, 5.41) is 1.18. The molecular weight excluding hydrogens is 364 g/mol. The largest absolute Gasteiger partial charge is 0.342 e. The van der Waals surface area contributed by atoms with Crippen LogP contribution in [-0.4, -0.2) is 28.9 Å². The van der Waals surface area contributed by atoms with Gasteiger partial charge in [-0.25, -0.2) is 0 Å². The lowest BCUT2D eigenvalue weighted by atomic mass is 9.63. The molecule has 4 heteroatoms. The molecule has 1 aliphatic heterocycles. The maximum Gasteiger partial charge on any atom is 0.222 e. The third-order valence-electron chi connectivity index (χ3n) is 6.66. The van der Waals surface area contributed by atoms with Crippen LogP contribution in [0.25, 0.3) is 10.9 Å². The standard InChI is InChI=1S/C24H24N2OS/c1-24-13-12-22(27)26(2)21(24)11-8-17-15-18(9-10-19(17)24)28-20-7-3-5-16-6-4-14-25-23(16)20/h3-7,9-10,14-15,21H,8,11-13H2,1-2H3/t21-,24-/m1/s1. The van der Waals surface area contributed by atoms with Gasteiger partial charge in [0.1, 0.15) is 0 Å². The van der Waals surface area contributed by atoms with Crippen LogP contribution in [0.15, 0.2) is 64.5 Å². The van der Waals surface area contributed by atoms with Gasteiger partial charge in [0.25, 0.3) is 0 Å². The fraction of sp³-hybridized carbons (Fsp3) is 0.333. The summed E-state index contributed by atoms with van der Waals surface area (Å²) in [5.74, 6) is 0.293. The summed E-state index contributed by atoms with van der Waals surface area (Å²) >= 11 is 1.79. The molecular formula is C24H24N2OS. The number of nitrogens with zero attached hydrogens (tertiary/aromatic N) is 2. The summed E-state index contributed by atoms with van der Waals surface area (Å²) in [4.78, 5) is 21.2. The Morgan fingerprint density at radius 1 is 1.14 bits per heavy atom. The van der Waals surface area contributed by atoms with Crippen molar-refractivity contribution in [2.24, 2.45) is 0 Å². The van der Waals surface area contributed by atoms with Crippen LogP contribution in [-0.2, 0) is 16.6 Å². The van der Waals surface area contributed by atoms with Gasteiger partial charge in [-0.1, -0.05) is 43.0 Å². The molecule has 1 fully saturated rings. The van der Waals surface area contributed by atoms with Gasteiger partial charge < -0.3 is 4.90 Å². The highest BCUT2D eigenvalue weighted by atomic mass is 32.2. The number of aryl methyl sites for hydroxylation is 1. The molecule has 1 aliphatic carbocycles. The molecule has 28 heavy (non-hydrogen) atoms. The summed E-state index contributed by atoms with van der Waals surface area (Å²) in [6, 6.07) is 17.7. The molecule has 0 N–H and O–H groups in total. The lowest BCUT2D eigenvalue weighted by Gasteiger charge is -2.50. The smallest absolute Gasteiger partial charge is 0.222 e. The first-order chi connectivity index (χ1) is 13.6. The van der Waals surface area contributed by atoms with E-state index in [1.165, 1.54) is 26.3 Å². The molecule has 2 atom stereocenters. The molecule has 0 spiro atoms. The Balaban J connectivity index is 1.50. The van der Waals surface area contributed by atoms with E-state index in [0.717, 1.165) is 24.8 Å². The van der Waals surface area contributed by atoms with Crippen molar-refractivity contribution in [1.29, 1.82) is 0 Å². The maximum absolute atomic E-state index is 12.2. The van der Waals surface area contributed by atoms with E-state index in [-0.39, 0.29) is 5.41 Å². The van der Waals surface area contributed by atoms with Crippen molar-refractivity contribution in [3.05, 3.63) is 65.9 Å². The monoisotopic (exact) mass is 388 g/mol. The number of para-hydroxylation sites is 1. The topological polar surface area (TPSA) is 33.2 Å². The molecule has 2 aromatic carbocycles. The zero-order valence-electron chi connectivity index (χ0n) is 16.3. The SMILES string of the molecule is CN1C(=O)CC[C@]2(C)c3ccc(Sc4cccc5cccnc45)cc3CC[C@@H]12. The van der Waals surface area contributed by atoms with Crippen LogP contribution in [0.1, 0.15) is 37.3 Å². The molecule has 2 heterocycles. The normalized spacial score (nSPS) is 24.1. The fourth-order valence-corrected chi connectivity index (χ4v) is 6.12. The van der Waals surface area contributed by atoms with Gasteiger partial charge >= 0.3 is 0 Å². The zero-order chi connectivity index (χ0) is 19.3. The molecule has 0 unspecified atom stereocenters. The lowest BCUT2D eigenvalue weighted by molar-refractivity contribution is -0.138. The average molecular weight is 389 g/mol. The minimum atomic E-state index is 0.0699. The number of hydrogen-bond acceptors (Lipinski definition) is 3. The van der Waals surface area contributed by atoms with E-state index in [9.17, 15) is 4.79 Å². The number of carbonyl (C=O) groups is 1. The van der Waals surface area contributed by atoms with E-state index in [1.807, 2.05) is 24.2 Å². The second kappa shape index (κ2) is 6.63. The summed E-state index contributed by atoms with van der Waals surface area (Å²) < 4.78 is 0. The van der Waals surface area contributed by atoms with E-state index in [1.54, 1.807) is 11.8 Å². The molecule has 142 valence electrons. The summed E-state index contributed by atoms with van der Waals surface area (Å²) in [7, 11) is 1.98. The Bertz CT molecular complexity index is 1070. The Kier molecular flexibility index (Phi) is 4.20. The van der Waals surface area contributed by atoms with Crippen molar-refractivity contribution in [3.63, 3.8) is 0 Å². The van der Waals surface area contributed by atoms with Gasteiger partial charge in [-0.15, -0.1) is 0 Å². The van der Waals surface area contributed by atoms with Gasteiger partial charge in [0, 0.05) is 46.3 Å². The molecule has 0 bridgehead atoms. The highest BCUT2D eigenvalue weighted by molar-refractivity contribution is 7.99. The lowest BCUT2D eigenvalue weighted by Crippen LogP contribution is -2.56. The molecule has 0 saturated carbocycles. The van der Waals surface area contributed by atoms with Crippen molar-refractivity contribution >= 4 is 28.6 Å². The van der Waals surface area contributed by atoms with Gasteiger partial charge in [-0.05, 0) is 54.7 Å². The van der Waals surface area contributed by atoms with E-state index in [4.69, 9.17) is 0 Å². The highest BCUT2D eigenvalue weighted by Gasteiger charge is 2.46. The number of hydrogen-bond donors (Lipinski definition) is 0. The number of amides is 1. The first kappa shape index (κ1) is 17.7. The Morgan fingerprint density at radius 2 is 2.00 bits per heavy atom. The quantitative estimate of drug-likeness (QED) is 0.604. The number of likely N-dealkylation sites (N-methyl/N-ethyl adjacent to an activating group) is 1. The molecule has 1 aromatic heterocycles. The van der Waals surface area contributed by atoms with Gasteiger partial charge in [-0.3, -0.25) is 9.78 Å². The van der Waals surface area contributed by atoms with Gasteiger partial charge in [0.15, 0.2) is 0 Å². The number of benzene rings is 2. The van der Waals surface area contributed by atoms with Crippen LogP contribution < -0.4 is 0 Å². The van der Waals surface area contributed by atoms with Crippen LogP contribution in [0.5, 0.6) is 0 Å². The van der Waals surface area contributed by atoms with Gasteiger partial charge in [0.2, 0.25) is 5.91 Å². The van der Waals surface area contributed by atoms with Crippen LogP contribution in [0.3, 0.4) is 0 Å². The molecule has 3 aromatic rings. The molecule has 2 aliphatic rings. The fourth-order valence-electron chi connectivity index (χ4n) is 5.11. The molecule has 0 radical (unpaired) electrons. The van der Waals surface area contributed by atoms with Crippen molar-refractivity contribution in [3.8, 4) is 0 Å². The summed E-state index contributed by atoms with van der Waals surface area (Å²) in [6.07, 6.45) is 5.56. The van der Waals surface area contributed by atoms with Crippen molar-refractivity contribution in [2.75, 3.05) is 7.05 Å². The predicted molar refractivity (Wildman–Crippen MR) is 114 cm³/mol. The minimum absolute atomic E-state index is 0.0699. The van der Waals surface area contributed by atoms with Crippen LogP contribution in [0.4, 0.5) is 0 Å². The van der Waals surface area contributed by atoms with Crippen molar-refractivity contribution in [2.45, 2.75) is 53.9 Å². The number of aromatic nitrogens is 1. The number of fused-ring (bicyclic) bond motifs is 4. The molecule has 5 rings (SSSR count). The second-order valence-corrected chi connectivity index (χ2v) is 9.34. The van der Waals surface area contributed by atoms with Crippen molar-refractivity contribution in [1.82, 2.24) is 9.88 Å². The molecule has 1 saturated heterocycles. The predicted octanol–water partition coefficient (Wildman–Crippen LogP) is 5.21. The summed E-state index contributed by atoms with van der Waals surface area (Å²) in [5.41, 5.74) is 4.01. The van der Waals surface area contributed by atoms with E-state index < -0.39 is 0 Å². The first-order valence-electron chi connectivity index (χ1n) is 9.97. The minimum Gasteiger partial charge on any atom is -0.342 e. The van der Waals surface area contributed by atoms with Gasteiger partial charge in [-0.2, -0.15) is 0 Å². The van der Waals surface area contributed by atoms with E-state index in [2.05, 4.69) is 54.4 Å². The number of likely N-dealkylation sites (tertiary alicyclic amines) is 1. The first-order valence-corrected chi connectivity index (χ1v) is 10.8. The number of carbonyl (C=O) groups excluding carboxylic acids is 1. The second-order valence-electron chi connectivity index (χ2n) is 8.23. The molecule has 1 amide bonds. The molecule has 3 nitrogen and oxygen atoms in total. The average Bonchev–Trinajstić information content (AvgIpc) is 2.71. The number of pyridine rings is 1. The highest BCUT2D eigenvalue weighted by Crippen LogP contribution is 2.46. The zero-order valence-corrected chi connectivity index (χ0v) is 17.1. The van der Waals surface area contributed by atoms with E-state index >= 15 is 0 Å². The van der Waals surface area contributed by atoms with Crippen LogP contribution in [0, 0.1) is 0 Å². The maximum atomic E-state index is 12.2. The Labute approximate surface area is 170 Å². The third kappa shape index (κ3) is 2.74. The van der Waals surface area contributed by atoms with Crippen molar-refractivity contribution < 1.29 is 4.79 Å². The Hall–Kier alpha value is -2.33. The summed E-state index contributed by atoms with van der Waals surface area (Å²) in [6.45, 7) is 2.35. The van der Waals surface area contributed by atoms with Crippen LogP contribution >= 0.6 is 11.8 Å². The van der Waals surface area contributed by atoms with Gasteiger partial charge in [0.05, 0.1) is 5.52 Å². The number of rotatable bonds is 2. The Morgan fingerprint density at radius 3 is 2.89 bits per heavy atom. The van der Waals surface area contributed by atoms with E-state index in [0.29, 0.717) is 18.4 Å². The van der Waals surface area contributed by atoms with Crippen LogP contribution in [0.2, 0.25) is 0 Å². The third-order valence-corrected chi connectivity index (χ3v) is 7.70. The number of piperidine rings is 1.